The predicted molar refractivity (Wildman–Crippen MR) is 110 cm³/mol. The Balaban J connectivity index is 3.98. The van der Waals surface area contributed by atoms with Crippen molar-refractivity contribution in [1.29, 1.82) is 0 Å². The molecule has 0 radical (unpaired) electrons. The van der Waals surface area contributed by atoms with Crippen molar-refractivity contribution in [1.82, 2.24) is 4.90 Å². The molecule has 0 N–H and O–H groups in total. The van der Waals surface area contributed by atoms with Crippen LogP contribution >= 0.6 is 0 Å². The van der Waals surface area contributed by atoms with E-state index in [1.165, 1.54) is 51.4 Å². The number of unbranched alkanes of at least 4 members (excludes halogenated alkanes) is 6. The van der Waals surface area contributed by atoms with Crippen molar-refractivity contribution < 1.29 is 9.47 Å². The van der Waals surface area contributed by atoms with Gasteiger partial charge in [0.2, 0.25) is 0 Å². The Morgan fingerprint density at radius 3 is 1.92 bits per heavy atom. The van der Waals surface area contributed by atoms with E-state index in [1.54, 1.807) is 7.11 Å². The first-order valence-electron chi connectivity index (χ1n) is 10.7. The molecule has 0 aromatic rings. The number of likely N-dealkylation sites (N-methyl/N-ethyl adjacent to an activating group) is 1. The maximum atomic E-state index is 6.25. The molecule has 3 nitrogen and oxygen atoms in total. The summed E-state index contributed by atoms with van der Waals surface area (Å²) in [5.41, 5.74) is 0.158. The van der Waals surface area contributed by atoms with E-state index in [-0.39, 0.29) is 11.1 Å². The third-order valence-corrected chi connectivity index (χ3v) is 5.39. The standard InChI is InChI=1S/C22H47NO2/c1-8-10-11-12-13-14-15-16-22(5,6)25-19-17-21(3,4)23(9-2)18-20-24-7/h8-20H2,1-7H3. The largest absolute Gasteiger partial charge is 0.383 e. The third-order valence-electron chi connectivity index (χ3n) is 5.39. The van der Waals surface area contributed by atoms with E-state index in [0.717, 1.165) is 32.7 Å². The van der Waals surface area contributed by atoms with Gasteiger partial charge in [0.1, 0.15) is 0 Å². The number of methoxy groups -OCH3 is 1. The van der Waals surface area contributed by atoms with Crippen LogP contribution < -0.4 is 0 Å². The van der Waals surface area contributed by atoms with Crippen molar-refractivity contribution in [3.63, 3.8) is 0 Å². The van der Waals surface area contributed by atoms with Crippen LogP contribution in [0.1, 0.15) is 99.3 Å². The van der Waals surface area contributed by atoms with E-state index in [4.69, 9.17) is 9.47 Å². The van der Waals surface area contributed by atoms with Gasteiger partial charge in [0.25, 0.3) is 0 Å². The number of ether oxygens (including phenoxy) is 2. The molecule has 0 atom stereocenters. The number of hydrogen-bond acceptors (Lipinski definition) is 3. The lowest BCUT2D eigenvalue weighted by Crippen LogP contribution is -2.46. The average Bonchev–Trinajstić information content (AvgIpc) is 2.54. The van der Waals surface area contributed by atoms with Gasteiger partial charge in [-0.15, -0.1) is 0 Å². The van der Waals surface area contributed by atoms with E-state index in [9.17, 15) is 0 Å². The van der Waals surface area contributed by atoms with Crippen molar-refractivity contribution in [2.75, 3.05) is 33.4 Å². The second kappa shape index (κ2) is 14.0. The maximum absolute atomic E-state index is 6.25. The molecule has 0 rings (SSSR count). The van der Waals surface area contributed by atoms with Gasteiger partial charge in [-0.2, -0.15) is 0 Å². The lowest BCUT2D eigenvalue weighted by atomic mass is 9.97. The van der Waals surface area contributed by atoms with Gasteiger partial charge >= 0.3 is 0 Å². The Kier molecular flexibility index (Phi) is 13.9. The molecule has 0 heterocycles. The molecule has 0 saturated carbocycles. The molecule has 0 fully saturated rings. The minimum Gasteiger partial charge on any atom is -0.383 e. The third kappa shape index (κ3) is 12.8. The minimum atomic E-state index is 0.00305. The fourth-order valence-electron chi connectivity index (χ4n) is 3.41. The molecule has 0 aromatic heterocycles. The molecule has 0 amide bonds. The lowest BCUT2D eigenvalue weighted by molar-refractivity contribution is -0.0434. The van der Waals surface area contributed by atoms with E-state index in [1.807, 2.05) is 0 Å². The van der Waals surface area contributed by atoms with Gasteiger partial charge in [-0.3, -0.25) is 4.90 Å². The molecule has 0 aliphatic heterocycles. The average molecular weight is 358 g/mol. The topological polar surface area (TPSA) is 21.7 Å². The second-order valence-corrected chi connectivity index (χ2v) is 8.61. The zero-order chi connectivity index (χ0) is 19.2. The molecule has 25 heavy (non-hydrogen) atoms. The molecular weight excluding hydrogens is 310 g/mol. The Hall–Kier alpha value is -0.120. The summed E-state index contributed by atoms with van der Waals surface area (Å²) in [7, 11) is 1.77. The first kappa shape index (κ1) is 24.9. The van der Waals surface area contributed by atoms with Gasteiger partial charge in [-0.05, 0) is 47.1 Å². The highest BCUT2D eigenvalue weighted by molar-refractivity contribution is 4.81. The summed E-state index contributed by atoms with van der Waals surface area (Å²) >= 11 is 0. The van der Waals surface area contributed by atoms with Crippen molar-refractivity contribution in [3.8, 4) is 0 Å². The maximum Gasteiger partial charge on any atom is 0.0626 e. The van der Waals surface area contributed by atoms with Crippen LogP contribution in [0, 0.1) is 0 Å². The summed E-state index contributed by atoms with van der Waals surface area (Å²) in [4.78, 5) is 2.49. The van der Waals surface area contributed by atoms with Crippen LogP contribution in [0.15, 0.2) is 0 Å². The summed E-state index contributed by atoms with van der Waals surface area (Å²) < 4.78 is 11.5. The van der Waals surface area contributed by atoms with Crippen molar-refractivity contribution in [2.45, 2.75) is 110 Å². The molecule has 0 saturated heterocycles. The van der Waals surface area contributed by atoms with E-state index < -0.39 is 0 Å². The number of nitrogens with zero attached hydrogens (tertiary/aromatic N) is 1. The number of rotatable bonds is 17. The zero-order valence-electron chi connectivity index (χ0n) is 18.5. The summed E-state index contributed by atoms with van der Waals surface area (Å²) in [6.07, 6.45) is 11.8. The molecule has 0 unspecified atom stereocenters. The van der Waals surface area contributed by atoms with Crippen molar-refractivity contribution in [2.24, 2.45) is 0 Å². The molecule has 152 valence electrons. The molecule has 0 aromatic carbocycles. The highest BCUT2D eigenvalue weighted by atomic mass is 16.5. The summed E-state index contributed by atoms with van der Waals surface area (Å²) in [5.74, 6) is 0. The minimum absolute atomic E-state index is 0.00305. The Labute approximate surface area is 158 Å². The molecule has 3 heteroatoms. The normalized spacial score (nSPS) is 13.0. The first-order valence-corrected chi connectivity index (χ1v) is 10.7. The summed E-state index contributed by atoms with van der Waals surface area (Å²) in [6, 6.07) is 0. The fraction of sp³-hybridized carbons (Fsp3) is 1.00. The van der Waals surface area contributed by atoms with Crippen molar-refractivity contribution in [3.05, 3.63) is 0 Å². The second-order valence-electron chi connectivity index (χ2n) is 8.61. The van der Waals surface area contributed by atoms with Crippen LogP contribution in [-0.4, -0.2) is 49.5 Å². The molecule has 0 bridgehead atoms. The first-order chi connectivity index (χ1) is 11.8. The smallest absolute Gasteiger partial charge is 0.0626 e. The van der Waals surface area contributed by atoms with Gasteiger partial charge in [0.15, 0.2) is 0 Å². The molecule has 0 spiro atoms. The number of hydrogen-bond donors (Lipinski definition) is 0. The van der Waals surface area contributed by atoms with Gasteiger partial charge in [0.05, 0.1) is 12.2 Å². The van der Waals surface area contributed by atoms with Gasteiger partial charge in [-0.1, -0.05) is 58.8 Å². The van der Waals surface area contributed by atoms with Crippen LogP contribution in [0.3, 0.4) is 0 Å². The van der Waals surface area contributed by atoms with E-state index in [0.29, 0.717) is 0 Å². The lowest BCUT2D eigenvalue weighted by Gasteiger charge is -2.38. The van der Waals surface area contributed by atoms with Crippen LogP contribution in [-0.2, 0) is 9.47 Å². The molecule has 0 aliphatic rings. The van der Waals surface area contributed by atoms with Gasteiger partial charge in [0, 0.05) is 25.8 Å². The Bertz CT molecular complexity index is 302. The highest BCUT2D eigenvalue weighted by Gasteiger charge is 2.26. The van der Waals surface area contributed by atoms with Gasteiger partial charge in [-0.25, -0.2) is 0 Å². The van der Waals surface area contributed by atoms with Crippen LogP contribution in [0.5, 0.6) is 0 Å². The Morgan fingerprint density at radius 1 is 0.760 bits per heavy atom. The quantitative estimate of drug-likeness (QED) is 0.295. The van der Waals surface area contributed by atoms with Gasteiger partial charge < -0.3 is 9.47 Å². The molecule has 0 aliphatic carbocycles. The molecular formula is C22H47NO2. The van der Waals surface area contributed by atoms with E-state index in [2.05, 4.69) is 46.4 Å². The Morgan fingerprint density at radius 2 is 1.36 bits per heavy atom. The van der Waals surface area contributed by atoms with Crippen LogP contribution in [0.25, 0.3) is 0 Å². The fourth-order valence-corrected chi connectivity index (χ4v) is 3.41. The van der Waals surface area contributed by atoms with E-state index >= 15 is 0 Å². The van der Waals surface area contributed by atoms with Crippen LogP contribution in [0.4, 0.5) is 0 Å². The predicted octanol–water partition coefficient (Wildman–Crippen LogP) is 6.06. The van der Waals surface area contributed by atoms with Crippen LogP contribution in [0.2, 0.25) is 0 Å². The zero-order valence-corrected chi connectivity index (χ0v) is 18.5. The SMILES string of the molecule is CCCCCCCCCC(C)(C)OCCC(C)(C)N(CC)CCOC. The highest BCUT2D eigenvalue weighted by Crippen LogP contribution is 2.23. The monoisotopic (exact) mass is 357 g/mol. The van der Waals surface area contributed by atoms with Crippen molar-refractivity contribution >= 4 is 0 Å². The summed E-state index contributed by atoms with van der Waals surface area (Å²) in [5, 5.41) is 0. The summed E-state index contributed by atoms with van der Waals surface area (Å²) in [6.45, 7) is 17.3.